The molecule has 0 aromatic heterocycles. The number of benzene rings is 3. The monoisotopic (exact) mass is 581 g/mol. The maximum absolute atomic E-state index is 13.5. The SMILES string of the molecule is Cc1ccc(S(=O)(=O)OC[C@H](C)N(C[C@@H](O)c2ccc(Br)cc2)S(=O)(=O)c2ccc(C)cc2)cc1. The van der Waals surface area contributed by atoms with E-state index < -0.39 is 38.9 Å². The molecule has 0 radical (unpaired) electrons. The van der Waals surface area contributed by atoms with Gasteiger partial charge in [0.1, 0.15) is 0 Å². The molecular weight excluding hydrogens is 554 g/mol. The standard InChI is InChI=1S/C25H28BrNO6S2/c1-18-4-12-23(13-5-18)34(29,30)27(16-25(28)21-8-10-22(26)11-9-21)20(3)17-33-35(31,32)24-14-6-19(2)7-15-24/h4-15,20,25,28H,16-17H2,1-3H3/t20-,25+/m0/s1. The predicted octanol–water partition coefficient (Wildman–Crippen LogP) is 4.58. The van der Waals surface area contributed by atoms with Crippen molar-refractivity contribution in [2.45, 2.75) is 42.7 Å². The average Bonchev–Trinajstić information content (AvgIpc) is 2.82. The van der Waals surface area contributed by atoms with E-state index in [4.69, 9.17) is 4.18 Å². The predicted molar refractivity (Wildman–Crippen MR) is 138 cm³/mol. The van der Waals surface area contributed by atoms with Crippen LogP contribution < -0.4 is 0 Å². The van der Waals surface area contributed by atoms with Gasteiger partial charge in [-0.05, 0) is 62.7 Å². The van der Waals surface area contributed by atoms with Crippen LogP contribution in [0.25, 0.3) is 0 Å². The Hall–Kier alpha value is -2.08. The molecule has 0 saturated carbocycles. The highest BCUT2D eigenvalue weighted by Gasteiger charge is 2.32. The van der Waals surface area contributed by atoms with Crippen LogP contribution in [0.4, 0.5) is 0 Å². The minimum Gasteiger partial charge on any atom is -0.387 e. The number of aliphatic hydroxyl groups excluding tert-OH is 1. The molecule has 0 spiro atoms. The Labute approximate surface area is 215 Å². The largest absolute Gasteiger partial charge is 0.387 e. The van der Waals surface area contributed by atoms with Crippen LogP contribution in [0.3, 0.4) is 0 Å². The van der Waals surface area contributed by atoms with Crippen LogP contribution in [0.15, 0.2) is 87.1 Å². The van der Waals surface area contributed by atoms with Gasteiger partial charge in [-0.15, -0.1) is 0 Å². The third kappa shape index (κ3) is 6.99. The van der Waals surface area contributed by atoms with Gasteiger partial charge < -0.3 is 5.11 Å². The third-order valence-corrected chi connectivity index (χ3v) is 9.32. The molecule has 35 heavy (non-hydrogen) atoms. The highest BCUT2D eigenvalue weighted by Crippen LogP contribution is 2.25. The molecule has 188 valence electrons. The van der Waals surface area contributed by atoms with Crippen LogP contribution in [0.5, 0.6) is 0 Å². The first-order chi connectivity index (χ1) is 16.4. The van der Waals surface area contributed by atoms with Gasteiger partial charge in [-0.2, -0.15) is 12.7 Å². The van der Waals surface area contributed by atoms with E-state index in [1.807, 2.05) is 13.8 Å². The summed E-state index contributed by atoms with van der Waals surface area (Å²) in [5.74, 6) is 0. The van der Waals surface area contributed by atoms with Gasteiger partial charge in [0.15, 0.2) is 0 Å². The van der Waals surface area contributed by atoms with Gasteiger partial charge in [-0.25, -0.2) is 8.42 Å². The van der Waals surface area contributed by atoms with E-state index in [1.54, 1.807) is 55.5 Å². The minimum atomic E-state index is -4.10. The van der Waals surface area contributed by atoms with Gasteiger partial charge in [-0.3, -0.25) is 4.18 Å². The summed E-state index contributed by atoms with van der Waals surface area (Å²) in [5, 5.41) is 10.8. The summed E-state index contributed by atoms with van der Waals surface area (Å²) in [6.45, 7) is 4.52. The highest BCUT2D eigenvalue weighted by atomic mass is 79.9. The van der Waals surface area contributed by atoms with Crippen molar-refractivity contribution in [2.75, 3.05) is 13.2 Å². The Morgan fingerprint density at radius 2 is 1.31 bits per heavy atom. The van der Waals surface area contributed by atoms with Crippen molar-refractivity contribution in [2.24, 2.45) is 0 Å². The first-order valence-corrected chi connectivity index (χ1v) is 14.5. The second-order valence-electron chi connectivity index (χ2n) is 8.36. The zero-order valence-corrected chi connectivity index (χ0v) is 22.8. The Kier molecular flexibility index (Phi) is 8.90. The van der Waals surface area contributed by atoms with E-state index in [2.05, 4.69) is 15.9 Å². The fourth-order valence-electron chi connectivity index (χ4n) is 3.37. The summed E-state index contributed by atoms with van der Waals surface area (Å²) in [5.41, 5.74) is 2.32. The first-order valence-electron chi connectivity index (χ1n) is 10.9. The lowest BCUT2D eigenvalue weighted by atomic mass is 10.1. The lowest BCUT2D eigenvalue weighted by Crippen LogP contribution is -2.43. The number of hydrogen-bond donors (Lipinski definition) is 1. The molecular formula is C25H28BrNO6S2. The van der Waals surface area contributed by atoms with Crippen molar-refractivity contribution in [3.63, 3.8) is 0 Å². The molecule has 0 saturated heterocycles. The van der Waals surface area contributed by atoms with Crippen LogP contribution in [0, 0.1) is 13.8 Å². The molecule has 2 atom stereocenters. The second-order valence-corrected chi connectivity index (χ2v) is 12.8. The van der Waals surface area contributed by atoms with Crippen molar-refractivity contribution >= 4 is 36.1 Å². The maximum atomic E-state index is 13.5. The number of aryl methyl sites for hydroxylation is 2. The number of sulfonamides is 1. The molecule has 1 N–H and O–H groups in total. The van der Waals surface area contributed by atoms with Gasteiger partial charge in [-0.1, -0.05) is 63.5 Å². The van der Waals surface area contributed by atoms with Crippen molar-refractivity contribution in [1.82, 2.24) is 4.31 Å². The zero-order valence-electron chi connectivity index (χ0n) is 19.6. The van der Waals surface area contributed by atoms with Gasteiger partial charge in [0, 0.05) is 17.1 Å². The van der Waals surface area contributed by atoms with Crippen molar-refractivity contribution in [3.05, 3.63) is 94.0 Å². The van der Waals surface area contributed by atoms with Crippen LogP contribution in [0.2, 0.25) is 0 Å². The number of rotatable bonds is 10. The lowest BCUT2D eigenvalue weighted by Gasteiger charge is -2.30. The number of aliphatic hydroxyl groups is 1. The Morgan fingerprint density at radius 1 is 0.829 bits per heavy atom. The Balaban J connectivity index is 1.88. The highest BCUT2D eigenvalue weighted by molar-refractivity contribution is 9.10. The van der Waals surface area contributed by atoms with Gasteiger partial charge >= 0.3 is 0 Å². The summed E-state index contributed by atoms with van der Waals surface area (Å²) < 4.78 is 59.5. The lowest BCUT2D eigenvalue weighted by molar-refractivity contribution is 0.122. The minimum absolute atomic E-state index is 0.0156. The topological polar surface area (TPSA) is 101 Å². The fourth-order valence-corrected chi connectivity index (χ4v) is 6.23. The van der Waals surface area contributed by atoms with Crippen molar-refractivity contribution in [1.29, 1.82) is 0 Å². The summed E-state index contributed by atoms with van der Waals surface area (Å²) in [6.07, 6.45) is -1.14. The fraction of sp³-hybridized carbons (Fsp3) is 0.280. The summed E-state index contributed by atoms with van der Waals surface area (Å²) in [4.78, 5) is 0.0255. The van der Waals surface area contributed by atoms with Gasteiger partial charge in [0.2, 0.25) is 10.0 Å². The summed E-state index contributed by atoms with van der Waals surface area (Å²) in [6, 6.07) is 18.5. The molecule has 0 amide bonds. The molecule has 10 heteroatoms. The first kappa shape index (κ1) is 27.5. The molecule has 3 aromatic rings. The third-order valence-electron chi connectivity index (χ3n) is 5.50. The average molecular weight is 583 g/mol. The van der Waals surface area contributed by atoms with E-state index >= 15 is 0 Å². The zero-order chi connectivity index (χ0) is 25.8. The smallest absolute Gasteiger partial charge is 0.297 e. The van der Waals surface area contributed by atoms with Crippen LogP contribution in [-0.2, 0) is 24.3 Å². The molecule has 0 aliphatic rings. The normalized spacial score (nSPS) is 14.1. The van der Waals surface area contributed by atoms with Crippen LogP contribution in [0.1, 0.15) is 29.7 Å². The molecule has 0 aliphatic carbocycles. The number of nitrogens with zero attached hydrogens (tertiary/aromatic N) is 1. The van der Waals surface area contributed by atoms with Crippen LogP contribution >= 0.6 is 15.9 Å². The molecule has 3 rings (SSSR count). The van der Waals surface area contributed by atoms with E-state index in [-0.39, 0.29) is 16.3 Å². The molecule has 0 unspecified atom stereocenters. The number of halogens is 1. The molecule has 0 aliphatic heterocycles. The molecule has 7 nitrogen and oxygen atoms in total. The van der Waals surface area contributed by atoms with Crippen LogP contribution in [-0.4, -0.2) is 45.4 Å². The van der Waals surface area contributed by atoms with Gasteiger partial charge in [0.05, 0.1) is 22.5 Å². The summed E-state index contributed by atoms with van der Waals surface area (Å²) in [7, 11) is -8.17. The Morgan fingerprint density at radius 3 is 1.83 bits per heavy atom. The molecule has 0 bridgehead atoms. The van der Waals surface area contributed by atoms with E-state index in [0.29, 0.717) is 5.56 Å². The molecule has 3 aromatic carbocycles. The molecule has 0 heterocycles. The van der Waals surface area contributed by atoms with E-state index in [0.717, 1.165) is 19.9 Å². The number of hydrogen-bond acceptors (Lipinski definition) is 6. The second kappa shape index (κ2) is 11.3. The van der Waals surface area contributed by atoms with E-state index in [9.17, 15) is 21.9 Å². The maximum Gasteiger partial charge on any atom is 0.297 e. The van der Waals surface area contributed by atoms with Crippen molar-refractivity contribution < 1.29 is 26.1 Å². The van der Waals surface area contributed by atoms with Crippen molar-refractivity contribution in [3.8, 4) is 0 Å². The van der Waals surface area contributed by atoms with Gasteiger partial charge in [0.25, 0.3) is 10.1 Å². The van der Waals surface area contributed by atoms with E-state index in [1.165, 1.54) is 24.3 Å². The molecule has 0 fully saturated rings. The summed E-state index contributed by atoms with van der Waals surface area (Å²) >= 11 is 3.34. The Bertz CT molecular complexity index is 1340. The quantitative estimate of drug-likeness (QED) is 0.351.